The average Bonchev–Trinajstić information content (AvgIpc) is 2.24. The molecular weight excluding hydrogens is 236 g/mol. The van der Waals surface area contributed by atoms with Gasteiger partial charge in [0.2, 0.25) is 10.0 Å². The van der Waals surface area contributed by atoms with Gasteiger partial charge in [-0.05, 0) is 37.8 Å². The minimum Gasteiger partial charge on any atom is -0.329 e. The largest absolute Gasteiger partial charge is 0.329 e. The summed E-state index contributed by atoms with van der Waals surface area (Å²) in [5, 5.41) is 0. The van der Waals surface area contributed by atoms with Crippen LogP contribution in [-0.2, 0) is 10.0 Å². The maximum Gasteiger partial charge on any atom is 0.241 e. The number of nitrogens with two attached hydrogens (primary N) is 1. The van der Waals surface area contributed by atoms with Crippen molar-refractivity contribution in [1.29, 1.82) is 0 Å². The van der Waals surface area contributed by atoms with E-state index < -0.39 is 15.6 Å². The summed E-state index contributed by atoms with van der Waals surface area (Å²) in [5.74, 6) is 0. The van der Waals surface area contributed by atoms with Crippen LogP contribution in [-0.4, -0.2) is 20.5 Å². The molecule has 0 amide bonds. The molecule has 0 heterocycles. The summed E-state index contributed by atoms with van der Waals surface area (Å²) >= 11 is 0. The highest BCUT2D eigenvalue weighted by Gasteiger charge is 2.39. The summed E-state index contributed by atoms with van der Waals surface area (Å²) in [6, 6.07) is 6.98. The first kappa shape index (κ1) is 12.5. The molecular formula is C12H18N2O2S. The highest BCUT2D eigenvalue weighted by atomic mass is 32.2. The lowest BCUT2D eigenvalue weighted by molar-refractivity contribution is 0.230. The molecule has 5 heteroatoms. The SMILES string of the molecule is Cc1ccccc1S(=O)(=O)NC1(CN)CCC1. The first-order chi connectivity index (χ1) is 7.99. The second kappa shape index (κ2) is 4.40. The standard InChI is InChI=1S/C12H18N2O2S/c1-10-5-2-3-6-11(10)17(15,16)14-12(9-13)7-4-8-12/h2-3,5-6,14H,4,7-9,13H2,1H3. The summed E-state index contributed by atoms with van der Waals surface area (Å²) in [5.41, 5.74) is 6.01. The van der Waals surface area contributed by atoms with E-state index in [1.54, 1.807) is 25.1 Å². The Morgan fingerprint density at radius 1 is 1.35 bits per heavy atom. The Bertz CT molecular complexity index is 501. The molecule has 0 radical (unpaired) electrons. The smallest absolute Gasteiger partial charge is 0.241 e. The van der Waals surface area contributed by atoms with Crippen LogP contribution in [0.4, 0.5) is 0 Å². The van der Waals surface area contributed by atoms with Gasteiger partial charge in [0.05, 0.1) is 4.90 Å². The van der Waals surface area contributed by atoms with Gasteiger partial charge < -0.3 is 5.73 Å². The fourth-order valence-electron chi connectivity index (χ4n) is 2.15. The first-order valence-corrected chi connectivity index (χ1v) is 7.27. The molecule has 94 valence electrons. The topological polar surface area (TPSA) is 72.2 Å². The molecule has 0 aliphatic heterocycles. The van der Waals surface area contributed by atoms with Gasteiger partial charge in [0.15, 0.2) is 0 Å². The predicted molar refractivity (Wildman–Crippen MR) is 67.1 cm³/mol. The van der Waals surface area contributed by atoms with E-state index in [0.29, 0.717) is 11.4 Å². The molecule has 2 rings (SSSR count). The Labute approximate surface area is 102 Å². The van der Waals surface area contributed by atoms with Crippen molar-refractivity contribution in [2.45, 2.75) is 36.6 Å². The van der Waals surface area contributed by atoms with E-state index in [9.17, 15) is 8.42 Å². The van der Waals surface area contributed by atoms with Crippen molar-refractivity contribution in [1.82, 2.24) is 4.72 Å². The molecule has 1 aromatic carbocycles. The third-order valence-electron chi connectivity index (χ3n) is 3.44. The fraction of sp³-hybridized carbons (Fsp3) is 0.500. The van der Waals surface area contributed by atoms with Crippen molar-refractivity contribution >= 4 is 10.0 Å². The molecule has 0 bridgehead atoms. The van der Waals surface area contributed by atoms with E-state index in [1.165, 1.54) is 0 Å². The predicted octanol–water partition coefficient (Wildman–Crippen LogP) is 1.15. The molecule has 1 saturated carbocycles. The van der Waals surface area contributed by atoms with Gasteiger partial charge in [-0.15, -0.1) is 0 Å². The van der Waals surface area contributed by atoms with Gasteiger partial charge in [-0.25, -0.2) is 13.1 Å². The fourth-order valence-corrected chi connectivity index (χ4v) is 3.87. The lowest BCUT2D eigenvalue weighted by Crippen LogP contribution is -2.58. The van der Waals surface area contributed by atoms with Crippen LogP contribution in [0.1, 0.15) is 24.8 Å². The van der Waals surface area contributed by atoms with Crippen LogP contribution in [0.3, 0.4) is 0 Å². The molecule has 0 unspecified atom stereocenters. The maximum absolute atomic E-state index is 12.3. The van der Waals surface area contributed by atoms with Crippen LogP contribution in [0.15, 0.2) is 29.2 Å². The maximum atomic E-state index is 12.3. The molecule has 0 aromatic heterocycles. The molecule has 1 aromatic rings. The van der Waals surface area contributed by atoms with E-state index in [2.05, 4.69) is 4.72 Å². The van der Waals surface area contributed by atoms with Crippen molar-refractivity contribution in [3.63, 3.8) is 0 Å². The molecule has 1 fully saturated rings. The van der Waals surface area contributed by atoms with E-state index in [0.717, 1.165) is 24.8 Å². The molecule has 1 aliphatic carbocycles. The van der Waals surface area contributed by atoms with E-state index >= 15 is 0 Å². The number of rotatable bonds is 4. The van der Waals surface area contributed by atoms with Crippen LogP contribution in [0.2, 0.25) is 0 Å². The van der Waals surface area contributed by atoms with Gasteiger partial charge in [-0.1, -0.05) is 18.2 Å². The highest BCUT2D eigenvalue weighted by Crippen LogP contribution is 2.32. The number of hydrogen-bond acceptors (Lipinski definition) is 3. The van der Waals surface area contributed by atoms with Crippen LogP contribution in [0.25, 0.3) is 0 Å². The van der Waals surface area contributed by atoms with Crippen molar-refractivity contribution < 1.29 is 8.42 Å². The molecule has 3 N–H and O–H groups in total. The van der Waals surface area contributed by atoms with Crippen molar-refractivity contribution in [3.8, 4) is 0 Å². The third kappa shape index (κ3) is 2.36. The monoisotopic (exact) mass is 254 g/mol. The minimum atomic E-state index is -3.45. The Hall–Kier alpha value is -0.910. The Morgan fingerprint density at radius 3 is 2.47 bits per heavy atom. The highest BCUT2D eigenvalue weighted by molar-refractivity contribution is 7.89. The van der Waals surface area contributed by atoms with Gasteiger partial charge in [0.1, 0.15) is 0 Å². The number of sulfonamides is 1. The van der Waals surface area contributed by atoms with E-state index in [4.69, 9.17) is 5.73 Å². The number of aryl methyl sites for hydroxylation is 1. The van der Waals surface area contributed by atoms with E-state index in [-0.39, 0.29) is 0 Å². The number of benzene rings is 1. The normalized spacial score (nSPS) is 18.7. The average molecular weight is 254 g/mol. The Morgan fingerprint density at radius 2 is 2.00 bits per heavy atom. The first-order valence-electron chi connectivity index (χ1n) is 5.79. The van der Waals surface area contributed by atoms with Crippen LogP contribution in [0, 0.1) is 6.92 Å². The van der Waals surface area contributed by atoms with Crippen LogP contribution >= 0.6 is 0 Å². The quantitative estimate of drug-likeness (QED) is 0.846. The lowest BCUT2D eigenvalue weighted by Gasteiger charge is -2.41. The molecule has 4 nitrogen and oxygen atoms in total. The third-order valence-corrected chi connectivity index (χ3v) is 5.17. The minimum absolute atomic E-state index is 0.347. The molecule has 17 heavy (non-hydrogen) atoms. The summed E-state index contributed by atoms with van der Waals surface area (Å²) in [4.78, 5) is 0.347. The zero-order valence-corrected chi connectivity index (χ0v) is 10.8. The molecule has 0 spiro atoms. The zero-order chi connectivity index (χ0) is 12.5. The van der Waals surface area contributed by atoms with Gasteiger partial charge in [-0.2, -0.15) is 0 Å². The zero-order valence-electron chi connectivity index (χ0n) is 9.94. The van der Waals surface area contributed by atoms with Crippen molar-refractivity contribution in [2.24, 2.45) is 5.73 Å². The molecule has 1 aliphatic rings. The van der Waals surface area contributed by atoms with Crippen LogP contribution in [0.5, 0.6) is 0 Å². The van der Waals surface area contributed by atoms with Gasteiger partial charge in [0, 0.05) is 12.1 Å². The van der Waals surface area contributed by atoms with Crippen LogP contribution < -0.4 is 10.5 Å². The molecule has 0 atom stereocenters. The lowest BCUT2D eigenvalue weighted by atomic mass is 9.78. The summed E-state index contributed by atoms with van der Waals surface area (Å²) in [6.07, 6.45) is 2.69. The summed E-state index contributed by atoms with van der Waals surface area (Å²) in [7, 11) is -3.45. The van der Waals surface area contributed by atoms with Gasteiger partial charge in [0.25, 0.3) is 0 Å². The van der Waals surface area contributed by atoms with Gasteiger partial charge in [-0.3, -0.25) is 0 Å². The van der Waals surface area contributed by atoms with Gasteiger partial charge >= 0.3 is 0 Å². The summed E-state index contributed by atoms with van der Waals surface area (Å²) in [6.45, 7) is 2.16. The molecule has 0 saturated heterocycles. The second-order valence-corrected chi connectivity index (χ2v) is 6.36. The number of hydrogen-bond donors (Lipinski definition) is 2. The van der Waals surface area contributed by atoms with Crippen molar-refractivity contribution in [3.05, 3.63) is 29.8 Å². The summed E-state index contributed by atoms with van der Waals surface area (Å²) < 4.78 is 27.3. The Kier molecular flexibility index (Phi) is 3.25. The van der Waals surface area contributed by atoms with E-state index in [1.807, 2.05) is 6.07 Å². The van der Waals surface area contributed by atoms with Crippen molar-refractivity contribution in [2.75, 3.05) is 6.54 Å². The number of nitrogens with one attached hydrogen (secondary N) is 1. The Balaban J connectivity index is 2.29. The second-order valence-electron chi connectivity index (χ2n) is 4.71.